The number of nitrogens with zero attached hydrogens (tertiary/aromatic N) is 4. The summed E-state index contributed by atoms with van der Waals surface area (Å²) in [5, 5.41) is 12.7. The van der Waals surface area contributed by atoms with E-state index in [9.17, 15) is 0 Å². The predicted molar refractivity (Wildman–Crippen MR) is 67.8 cm³/mol. The van der Waals surface area contributed by atoms with Crippen molar-refractivity contribution in [2.75, 3.05) is 13.4 Å². The first-order chi connectivity index (χ1) is 8.33. The lowest BCUT2D eigenvalue weighted by Crippen LogP contribution is -1.92. The van der Waals surface area contributed by atoms with E-state index in [2.05, 4.69) is 15.3 Å². The smallest absolute Gasteiger partial charge is 0.211 e. The van der Waals surface area contributed by atoms with Crippen LogP contribution in [0, 0.1) is 0 Å². The second-order valence-electron chi connectivity index (χ2n) is 3.18. The van der Waals surface area contributed by atoms with Crippen LogP contribution in [0.3, 0.4) is 0 Å². The summed E-state index contributed by atoms with van der Waals surface area (Å²) in [6.45, 7) is 0. The summed E-state index contributed by atoms with van der Waals surface area (Å²) in [6, 6.07) is 7.67. The molecule has 1 aromatic carbocycles. The molecular formula is C11H12N4OS. The number of thioether (sulfide) groups is 1. The Labute approximate surface area is 104 Å². The summed E-state index contributed by atoms with van der Waals surface area (Å²) in [6.07, 6.45) is 5.25. The average Bonchev–Trinajstić information content (AvgIpc) is 2.84. The molecule has 0 radical (unpaired) electrons. The van der Waals surface area contributed by atoms with Gasteiger partial charge in [-0.2, -0.15) is 9.78 Å². The van der Waals surface area contributed by atoms with Crippen LogP contribution in [-0.4, -0.2) is 34.5 Å². The minimum absolute atomic E-state index is 0.754. The minimum Gasteiger partial charge on any atom is -0.497 e. The molecule has 0 spiro atoms. The van der Waals surface area contributed by atoms with E-state index in [1.165, 1.54) is 11.8 Å². The van der Waals surface area contributed by atoms with Crippen LogP contribution in [0.1, 0.15) is 5.56 Å². The lowest BCUT2D eigenvalue weighted by atomic mass is 10.2. The van der Waals surface area contributed by atoms with Crippen LogP contribution in [0.15, 0.2) is 40.9 Å². The summed E-state index contributed by atoms with van der Waals surface area (Å²) < 4.78 is 6.77. The van der Waals surface area contributed by atoms with Crippen molar-refractivity contribution in [2.24, 2.45) is 5.10 Å². The molecule has 0 saturated carbocycles. The van der Waals surface area contributed by atoms with Crippen LogP contribution in [0.4, 0.5) is 0 Å². The Kier molecular flexibility index (Phi) is 3.77. The lowest BCUT2D eigenvalue weighted by Gasteiger charge is -2.00. The average molecular weight is 248 g/mol. The van der Waals surface area contributed by atoms with Crippen LogP contribution in [0.2, 0.25) is 0 Å². The summed E-state index contributed by atoms with van der Waals surface area (Å²) in [4.78, 5) is 0. The van der Waals surface area contributed by atoms with Gasteiger partial charge in [-0.1, -0.05) is 23.9 Å². The Balaban J connectivity index is 2.19. The molecule has 2 rings (SSSR count). The van der Waals surface area contributed by atoms with Crippen LogP contribution >= 0.6 is 11.8 Å². The van der Waals surface area contributed by atoms with Crippen molar-refractivity contribution < 1.29 is 4.74 Å². The van der Waals surface area contributed by atoms with Gasteiger partial charge in [0.2, 0.25) is 5.16 Å². The van der Waals surface area contributed by atoms with Crippen molar-refractivity contribution in [3.63, 3.8) is 0 Å². The van der Waals surface area contributed by atoms with Gasteiger partial charge in [0, 0.05) is 0 Å². The van der Waals surface area contributed by atoms with Crippen molar-refractivity contribution in [3.05, 3.63) is 36.2 Å². The molecule has 0 unspecified atom stereocenters. The molecule has 0 aliphatic carbocycles. The fraction of sp³-hybridized carbons (Fsp3) is 0.182. The van der Waals surface area contributed by atoms with Crippen LogP contribution in [-0.2, 0) is 0 Å². The van der Waals surface area contributed by atoms with E-state index in [0.717, 1.165) is 16.5 Å². The maximum atomic E-state index is 5.14. The molecule has 0 bridgehead atoms. The highest BCUT2D eigenvalue weighted by atomic mass is 32.2. The second-order valence-corrected chi connectivity index (χ2v) is 3.96. The van der Waals surface area contributed by atoms with Crippen molar-refractivity contribution >= 4 is 18.0 Å². The van der Waals surface area contributed by atoms with Crippen molar-refractivity contribution in [1.82, 2.24) is 14.9 Å². The van der Waals surface area contributed by atoms with E-state index in [1.807, 2.05) is 30.5 Å². The highest BCUT2D eigenvalue weighted by molar-refractivity contribution is 7.98. The third-order valence-electron chi connectivity index (χ3n) is 2.11. The number of benzene rings is 1. The molecule has 1 heterocycles. The van der Waals surface area contributed by atoms with Gasteiger partial charge in [-0.15, -0.1) is 10.2 Å². The second kappa shape index (κ2) is 5.49. The van der Waals surface area contributed by atoms with Gasteiger partial charge < -0.3 is 4.74 Å². The lowest BCUT2D eigenvalue weighted by molar-refractivity contribution is 0.414. The van der Waals surface area contributed by atoms with E-state index in [1.54, 1.807) is 24.3 Å². The SMILES string of the molecule is COc1cccc(C=Nn2cnnc2SC)c1. The first-order valence-electron chi connectivity index (χ1n) is 4.96. The fourth-order valence-corrected chi connectivity index (χ4v) is 1.69. The third-order valence-corrected chi connectivity index (χ3v) is 2.74. The van der Waals surface area contributed by atoms with Gasteiger partial charge in [-0.25, -0.2) is 0 Å². The zero-order chi connectivity index (χ0) is 12.1. The maximum Gasteiger partial charge on any atom is 0.211 e. The zero-order valence-electron chi connectivity index (χ0n) is 9.57. The molecule has 0 fully saturated rings. The fourth-order valence-electron chi connectivity index (χ4n) is 1.28. The van der Waals surface area contributed by atoms with Gasteiger partial charge in [0.15, 0.2) is 0 Å². The number of hydrogen-bond acceptors (Lipinski definition) is 5. The Morgan fingerprint density at radius 2 is 2.35 bits per heavy atom. The molecule has 0 aliphatic heterocycles. The van der Waals surface area contributed by atoms with Gasteiger partial charge in [-0.05, 0) is 24.0 Å². The largest absolute Gasteiger partial charge is 0.497 e. The molecule has 6 heteroatoms. The molecule has 0 amide bonds. The molecule has 1 aromatic heterocycles. The molecule has 0 aliphatic rings. The highest BCUT2D eigenvalue weighted by Crippen LogP contribution is 2.12. The van der Waals surface area contributed by atoms with Gasteiger partial charge in [0.1, 0.15) is 12.1 Å². The van der Waals surface area contributed by atoms with E-state index in [4.69, 9.17) is 4.74 Å². The van der Waals surface area contributed by atoms with Gasteiger partial charge in [0.25, 0.3) is 0 Å². The van der Waals surface area contributed by atoms with E-state index in [-0.39, 0.29) is 0 Å². The standard InChI is InChI=1S/C11H12N4OS/c1-16-10-5-3-4-9(6-10)7-13-15-8-12-14-11(15)17-2/h3-8H,1-2H3. The first-order valence-corrected chi connectivity index (χ1v) is 6.18. The molecule has 0 N–H and O–H groups in total. The van der Waals surface area contributed by atoms with Crippen molar-refractivity contribution in [3.8, 4) is 5.75 Å². The van der Waals surface area contributed by atoms with E-state index >= 15 is 0 Å². The number of ether oxygens (including phenoxy) is 1. The van der Waals surface area contributed by atoms with Crippen LogP contribution < -0.4 is 4.74 Å². The van der Waals surface area contributed by atoms with Gasteiger partial charge >= 0.3 is 0 Å². The Bertz CT molecular complexity index is 524. The summed E-state index contributed by atoms with van der Waals surface area (Å²) in [5.74, 6) is 0.808. The topological polar surface area (TPSA) is 52.3 Å². The Hall–Kier alpha value is -1.82. The minimum atomic E-state index is 0.754. The molecular weight excluding hydrogens is 236 g/mol. The monoisotopic (exact) mass is 248 g/mol. The van der Waals surface area contributed by atoms with E-state index < -0.39 is 0 Å². The first kappa shape index (κ1) is 11.7. The number of aromatic nitrogens is 3. The maximum absolute atomic E-state index is 5.14. The molecule has 0 atom stereocenters. The van der Waals surface area contributed by atoms with Gasteiger partial charge in [-0.3, -0.25) is 0 Å². The molecule has 17 heavy (non-hydrogen) atoms. The summed E-state index contributed by atoms with van der Waals surface area (Å²) in [7, 11) is 1.64. The van der Waals surface area contributed by atoms with Crippen LogP contribution in [0.25, 0.3) is 0 Å². The molecule has 88 valence electrons. The van der Waals surface area contributed by atoms with Crippen molar-refractivity contribution in [1.29, 1.82) is 0 Å². The molecule has 0 saturated heterocycles. The summed E-state index contributed by atoms with van der Waals surface area (Å²) in [5.41, 5.74) is 0.963. The van der Waals surface area contributed by atoms with E-state index in [0.29, 0.717) is 0 Å². The predicted octanol–water partition coefficient (Wildman–Crippen LogP) is 1.89. The number of methoxy groups -OCH3 is 1. The highest BCUT2D eigenvalue weighted by Gasteiger charge is 1.99. The Morgan fingerprint density at radius 1 is 1.47 bits per heavy atom. The zero-order valence-corrected chi connectivity index (χ0v) is 10.4. The summed E-state index contributed by atoms with van der Waals surface area (Å²) >= 11 is 1.50. The van der Waals surface area contributed by atoms with Crippen LogP contribution in [0.5, 0.6) is 5.75 Å². The van der Waals surface area contributed by atoms with Gasteiger partial charge in [0.05, 0.1) is 13.3 Å². The normalized spacial score (nSPS) is 10.9. The molecule has 2 aromatic rings. The number of rotatable bonds is 4. The molecule has 5 nitrogen and oxygen atoms in total. The Morgan fingerprint density at radius 3 is 3.12 bits per heavy atom. The van der Waals surface area contributed by atoms with Crippen molar-refractivity contribution in [2.45, 2.75) is 5.16 Å². The number of hydrogen-bond donors (Lipinski definition) is 0. The quantitative estimate of drug-likeness (QED) is 0.612. The third kappa shape index (κ3) is 2.85.